The van der Waals surface area contributed by atoms with Gasteiger partial charge in [0.2, 0.25) is 0 Å². The average molecular weight is 363 g/mol. The highest BCUT2D eigenvalue weighted by atomic mass is 16.8. The van der Waals surface area contributed by atoms with Crippen LogP contribution in [-0.2, 0) is 14.2 Å². The zero-order valence-electron chi connectivity index (χ0n) is 16.8. The van der Waals surface area contributed by atoms with Gasteiger partial charge in [-0.15, -0.1) is 0 Å². The molecular weight excluding hydrogens is 328 g/mol. The van der Waals surface area contributed by atoms with Gasteiger partial charge in [-0.05, 0) is 43.6 Å². The summed E-state index contributed by atoms with van der Waals surface area (Å²) in [6, 6.07) is 0. The van der Waals surface area contributed by atoms with E-state index in [1.165, 1.54) is 5.57 Å². The van der Waals surface area contributed by atoms with Gasteiger partial charge in [-0.25, -0.2) is 0 Å². The molecule has 0 aromatic rings. The van der Waals surface area contributed by atoms with Gasteiger partial charge in [0.1, 0.15) is 0 Å². The summed E-state index contributed by atoms with van der Waals surface area (Å²) >= 11 is 0. The predicted octanol–water partition coefficient (Wildman–Crippen LogP) is 4.38. The number of hydrogen-bond donors (Lipinski definition) is 1. The zero-order valence-corrected chi connectivity index (χ0v) is 16.8. The molecule has 0 aromatic heterocycles. The van der Waals surface area contributed by atoms with Crippen molar-refractivity contribution in [2.24, 2.45) is 17.8 Å². The smallest absolute Gasteiger partial charge is 0.183 e. The van der Waals surface area contributed by atoms with Gasteiger partial charge in [0, 0.05) is 20.1 Å². The first kappa shape index (κ1) is 21.1. The molecule has 1 aliphatic heterocycles. The van der Waals surface area contributed by atoms with Crippen molar-refractivity contribution < 1.29 is 19.3 Å². The third kappa shape index (κ3) is 5.17. The minimum atomic E-state index is -0.507. The lowest BCUT2D eigenvalue weighted by atomic mass is 9.75. The summed E-state index contributed by atoms with van der Waals surface area (Å²) in [4.78, 5) is 0. The summed E-state index contributed by atoms with van der Waals surface area (Å²) in [5.41, 5.74) is 3.29. The number of aliphatic hydroxyl groups is 1. The highest BCUT2D eigenvalue weighted by Crippen LogP contribution is 2.44. The fourth-order valence-electron chi connectivity index (χ4n) is 3.92. The van der Waals surface area contributed by atoms with Gasteiger partial charge >= 0.3 is 0 Å². The molecule has 0 radical (unpaired) electrons. The number of hydrogen-bond acceptors (Lipinski definition) is 4. The van der Waals surface area contributed by atoms with E-state index in [4.69, 9.17) is 14.2 Å². The van der Waals surface area contributed by atoms with E-state index in [1.54, 1.807) is 14.2 Å². The molecule has 1 saturated heterocycles. The summed E-state index contributed by atoms with van der Waals surface area (Å²) in [6.07, 6.45) is 9.35. The molecule has 0 aromatic carbocycles. The number of rotatable bonds is 4. The summed E-state index contributed by atoms with van der Waals surface area (Å²) in [6.45, 7) is 10.7. The molecule has 1 fully saturated rings. The Morgan fingerprint density at radius 1 is 1.31 bits per heavy atom. The Morgan fingerprint density at radius 3 is 2.65 bits per heavy atom. The monoisotopic (exact) mass is 362 g/mol. The van der Waals surface area contributed by atoms with E-state index >= 15 is 0 Å². The van der Waals surface area contributed by atoms with Gasteiger partial charge in [0.05, 0.1) is 6.10 Å². The Kier molecular flexibility index (Phi) is 7.84. The number of aliphatic hydroxyl groups excluding tert-OH is 1. The van der Waals surface area contributed by atoms with Crippen LogP contribution in [0.3, 0.4) is 0 Å². The van der Waals surface area contributed by atoms with Crippen LogP contribution in [0, 0.1) is 17.8 Å². The van der Waals surface area contributed by atoms with Crippen molar-refractivity contribution >= 4 is 0 Å². The first-order valence-corrected chi connectivity index (χ1v) is 9.49. The second-order valence-electron chi connectivity index (χ2n) is 7.72. The number of methoxy groups -OCH3 is 2. The lowest BCUT2D eigenvalue weighted by molar-refractivity contribution is -0.256. The molecule has 1 aliphatic carbocycles. The van der Waals surface area contributed by atoms with Crippen molar-refractivity contribution in [1.82, 2.24) is 0 Å². The van der Waals surface area contributed by atoms with E-state index in [2.05, 4.69) is 45.6 Å². The van der Waals surface area contributed by atoms with Crippen LogP contribution >= 0.6 is 0 Å². The Balaban J connectivity index is 2.43. The lowest BCUT2D eigenvalue weighted by Gasteiger charge is -2.43. The summed E-state index contributed by atoms with van der Waals surface area (Å²) < 4.78 is 17.4. The molecule has 2 rings (SSSR count). The molecule has 26 heavy (non-hydrogen) atoms. The molecule has 0 bridgehead atoms. The van der Waals surface area contributed by atoms with E-state index in [-0.39, 0.29) is 11.8 Å². The largest absolute Gasteiger partial charge is 0.389 e. The van der Waals surface area contributed by atoms with Crippen LogP contribution in [0.4, 0.5) is 0 Å². The Hall–Kier alpha value is -1.20. The van der Waals surface area contributed by atoms with E-state index < -0.39 is 18.7 Å². The normalized spacial score (nSPS) is 37.2. The maximum Gasteiger partial charge on any atom is 0.183 e. The first-order valence-electron chi connectivity index (χ1n) is 9.49. The van der Waals surface area contributed by atoms with Crippen molar-refractivity contribution in [1.29, 1.82) is 0 Å². The highest BCUT2D eigenvalue weighted by Gasteiger charge is 2.43. The second kappa shape index (κ2) is 9.65. The van der Waals surface area contributed by atoms with Crippen molar-refractivity contribution in [3.63, 3.8) is 0 Å². The molecule has 2 aliphatic rings. The molecule has 1 heterocycles. The first-order chi connectivity index (χ1) is 12.4. The highest BCUT2D eigenvalue weighted by molar-refractivity contribution is 5.26. The Morgan fingerprint density at radius 2 is 2.04 bits per heavy atom. The van der Waals surface area contributed by atoms with Gasteiger partial charge in [-0.1, -0.05) is 55.9 Å². The third-order valence-electron chi connectivity index (χ3n) is 5.19. The van der Waals surface area contributed by atoms with E-state index in [0.29, 0.717) is 12.3 Å². The predicted molar refractivity (Wildman–Crippen MR) is 104 cm³/mol. The summed E-state index contributed by atoms with van der Waals surface area (Å²) in [5.74, 6) is 0.686. The number of allylic oxidation sites excluding steroid dienone is 4. The molecule has 4 nitrogen and oxygen atoms in total. The van der Waals surface area contributed by atoms with Crippen LogP contribution in [0.1, 0.15) is 40.0 Å². The molecule has 0 amide bonds. The molecule has 0 unspecified atom stereocenters. The number of fused-ring (bicyclic) bond motifs is 1. The van der Waals surface area contributed by atoms with Gasteiger partial charge in [-0.3, -0.25) is 0 Å². The van der Waals surface area contributed by atoms with Gasteiger partial charge in [-0.2, -0.15) is 0 Å². The SMILES string of the molecule is C=C1C[C@@H](O)/C=C(/C)CC[C@@H]2/C(=C\C=C\C(C)C)[C@@H](OC)O[C@H](OC)[C@@H]12. The molecule has 1 N–H and O–H groups in total. The third-order valence-corrected chi connectivity index (χ3v) is 5.19. The quantitative estimate of drug-likeness (QED) is 0.754. The summed E-state index contributed by atoms with van der Waals surface area (Å²) in [5, 5.41) is 10.3. The molecule has 0 saturated carbocycles. The second-order valence-corrected chi connectivity index (χ2v) is 7.72. The average Bonchev–Trinajstić information content (AvgIpc) is 2.63. The maximum atomic E-state index is 10.3. The van der Waals surface area contributed by atoms with E-state index in [1.807, 2.05) is 6.08 Å². The van der Waals surface area contributed by atoms with Crippen LogP contribution in [-0.4, -0.2) is 38.0 Å². The standard InChI is InChI=1S/C22H34O4/c1-14(2)8-7-9-19-18-11-10-15(3)12-17(23)13-16(4)20(18)22(25-6)26-21(19)24-5/h7-9,12,14,17-18,20-23H,4,10-11,13H2,1-3,5-6H3/b8-7+,15-12-,19-9+/t17-,18+,20-,21-,22-/m0/s1. The van der Waals surface area contributed by atoms with Gasteiger partial charge in [0.15, 0.2) is 12.6 Å². The minimum Gasteiger partial charge on any atom is -0.389 e. The molecule has 0 spiro atoms. The zero-order chi connectivity index (χ0) is 19.3. The lowest BCUT2D eigenvalue weighted by Crippen LogP contribution is -2.45. The fourth-order valence-corrected chi connectivity index (χ4v) is 3.92. The van der Waals surface area contributed by atoms with E-state index in [0.717, 1.165) is 24.0 Å². The Labute approximate surface area is 158 Å². The van der Waals surface area contributed by atoms with Gasteiger partial charge < -0.3 is 19.3 Å². The molecular formula is C22H34O4. The van der Waals surface area contributed by atoms with Crippen LogP contribution < -0.4 is 0 Å². The van der Waals surface area contributed by atoms with Crippen LogP contribution in [0.5, 0.6) is 0 Å². The van der Waals surface area contributed by atoms with Crippen LogP contribution in [0.15, 0.2) is 47.6 Å². The van der Waals surface area contributed by atoms with E-state index in [9.17, 15) is 5.11 Å². The van der Waals surface area contributed by atoms with Crippen LogP contribution in [0.2, 0.25) is 0 Å². The summed E-state index contributed by atoms with van der Waals surface area (Å²) in [7, 11) is 3.32. The molecule has 5 atom stereocenters. The minimum absolute atomic E-state index is 0.000880. The van der Waals surface area contributed by atoms with Crippen molar-refractivity contribution in [3.05, 3.63) is 47.6 Å². The topological polar surface area (TPSA) is 47.9 Å². The van der Waals surface area contributed by atoms with Gasteiger partial charge in [0.25, 0.3) is 0 Å². The van der Waals surface area contributed by atoms with Crippen LogP contribution in [0.25, 0.3) is 0 Å². The fraction of sp³-hybridized carbons (Fsp3) is 0.636. The number of ether oxygens (including phenoxy) is 3. The Bertz CT molecular complexity index is 573. The molecule has 4 heteroatoms. The van der Waals surface area contributed by atoms with Crippen molar-refractivity contribution in [2.45, 2.75) is 58.7 Å². The van der Waals surface area contributed by atoms with Crippen molar-refractivity contribution in [3.8, 4) is 0 Å². The molecule has 146 valence electrons. The maximum absolute atomic E-state index is 10.3. The van der Waals surface area contributed by atoms with Crippen molar-refractivity contribution in [2.75, 3.05) is 14.2 Å².